The Bertz CT molecular complexity index is 422. The highest BCUT2D eigenvalue weighted by atomic mass is 14.9. The van der Waals surface area contributed by atoms with Gasteiger partial charge in [0.25, 0.3) is 0 Å². The minimum absolute atomic E-state index is 0.308. The summed E-state index contributed by atoms with van der Waals surface area (Å²) in [4.78, 5) is 3.94. The molecule has 4 nitrogen and oxygen atoms in total. The van der Waals surface area contributed by atoms with Crippen LogP contribution in [0.5, 0.6) is 0 Å². The molecule has 0 spiro atoms. The van der Waals surface area contributed by atoms with Crippen molar-refractivity contribution >= 4 is 29.5 Å². The van der Waals surface area contributed by atoms with Gasteiger partial charge >= 0.3 is 0 Å². The van der Waals surface area contributed by atoms with Gasteiger partial charge in [-0.1, -0.05) is 13.8 Å². The number of nitrogen functional groups attached to an aromatic ring is 2. The van der Waals surface area contributed by atoms with Gasteiger partial charge < -0.3 is 16.8 Å². The summed E-state index contributed by atoms with van der Waals surface area (Å²) in [5.74, 6) is 0.308. The number of nitrogens with zero attached hydrogens (tertiary/aromatic N) is 1. The molecule has 16 heavy (non-hydrogen) atoms. The number of hydrogen-bond acceptors (Lipinski definition) is 4. The van der Waals surface area contributed by atoms with E-state index in [1.807, 2.05) is 14.0 Å². The van der Waals surface area contributed by atoms with Crippen molar-refractivity contribution in [2.24, 2.45) is 4.99 Å². The van der Waals surface area contributed by atoms with E-state index in [2.05, 4.69) is 30.9 Å². The maximum Gasteiger partial charge on any atom is 0.0922 e. The molecule has 0 saturated heterocycles. The van der Waals surface area contributed by atoms with E-state index in [-0.39, 0.29) is 0 Å². The molecular formula is C12H20N4. The second kappa shape index (κ2) is 4.43. The number of hydrogen-bond donors (Lipinski definition) is 3. The minimum atomic E-state index is 0.308. The largest absolute Gasteiger partial charge is 0.398 e. The van der Waals surface area contributed by atoms with Gasteiger partial charge in [-0.2, -0.15) is 0 Å². The lowest BCUT2D eigenvalue weighted by Crippen LogP contribution is -2.08. The molecule has 88 valence electrons. The zero-order chi connectivity index (χ0) is 12.5. The Morgan fingerprint density at radius 2 is 1.81 bits per heavy atom. The van der Waals surface area contributed by atoms with Gasteiger partial charge in [-0.3, -0.25) is 4.99 Å². The summed E-state index contributed by atoms with van der Waals surface area (Å²) in [5, 5.41) is 3.10. The first-order chi connectivity index (χ1) is 7.45. The standard InChI is InChI=1S/C12H20N4/c1-6(2)8-9(13)7(3)11(15-4)10(14)12(8)16-5/h6,16H,4,13-14H2,1-3,5H3. The molecule has 0 aromatic heterocycles. The molecular weight excluding hydrogens is 200 g/mol. The molecule has 4 heteroatoms. The molecule has 0 bridgehead atoms. The molecule has 0 amide bonds. The number of rotatable bonds is 3. The van der Waals surface area contributed by atoms with Crippen molar-refractivity contribution < 1.29 is 0 Å². The average Bonchev–Trinajstić information content (AvgIpc) is 2.23. The molecule has 0 atom stereocenters. The zero-order valence-electron chi connectivity index (χ0n) is 10.4. The van der Waals surface area contributed by atoms with Crippen LogP contribution in [0, 0.1) is 6.92 Å². The zero-order valence-corrected chi connectivity index (χ0v) is 10.4. The molecule has 1 rings (SSSR count). The summed E-state index contributed by atoms with van der Waals surface area (Å²) in [5.41, 5.74) is 17.0. The van der Waals surface area contributed by atoms with Crippen LogP contribution in [0.1, 0.15) is 30.9 Å². The van der Waals surface area contributed by atoms with Crippen LogP contribution in [-0.2, 0) is 0 Å². The Morgan fingerprint density at radius 3 is 2.19 bits per heavy atom. The van der Waals surface area contributed by atoms with Crippen LogP contribution in [0.15, 0.2) is 4.99 Å². The number of nitrogens with two attached hydrogens (primary N) is 2. The van der Waals surface area contributed by atoms with E-state index in [1.54, 1.807) is 0 Å². The van der Waals surface area contributed by atoms with Crippen LogP contribution in [0.25, 0.3) is 0 Å². The monoisotopic (exact) mass is 220 g/mol. The van der Waals surface area contributed by atoms with Crippen molar-refractivity contribution in [1.29, 1.82) is 0 Å². The molecule has 0 saturated carbocycles. The summed E-state index contributed by atoms with van der Waals surface area (Å²) in [6.07, 6.45) is 0. The lowest BCUT2D eigenvalue weighted by atomic mass is 9.93. The number of benzene rings is 1. The van der Waals surface area contributed by atoms with E-state index >= 15 is 0 Å². The molecule has 1 aromatic carbocycles. The summed E-state index contributed by atoms with van der Waals surface area (Å²) in [6, 6.07) is 0. The first-order valence-corrected chi connectivity index (χ1v) is 5.31. The predicted octanol–water partition coefficient (Wildman–Crippen LogP) is 2.66. The number of anilines is 3. The average molecular weight is 220 g/mol. The van der Waals surface area contributed by atoms with E-state index in [4.69, 9.17) is 11.5 Å². The highest BCUT2D eigenvalue weighted by Crippen LogP contribution is 2.43. The van der Waals surface area contributed by atoms with Gasteiger partial charge in [0.1, 0.15) is 0 Å². The van der Waals surface area contributed by atoms with Gasteiger partial charge in [0.05, 0.1) is 17.1 Å². The number of nitrogens with one attached hydrogen (secondary N) is 1. The van der Waals surface area contributed by atoms with Crippen molar-refractivity contribution in [3.8, 4) is 0 Å². The van der Waals surface area contributed by atoms with Gasteiger partial charge in [0.15, 0.2) is 0 Å². The van der Waals surface area contributed by atoms with Crippen molar-refractivity contribution in [3.05, 3.63) is 11.1 Å². The van der Waals surface area contributed by atoms with Crippen LogP contribution in [0.3, 0.4) is 0 Å². The topological polar surface area (TPSA) is 76.4 Å². The van der Waals surface area contributed by atoms with Gasteiger partial charge in [0, 0.05) is 23.9 Å². The van der Waals surface area contributed by atoms with Crippen molar-refractivity contribution in [2.45, 2.75) is 26.7 Å². The van der Waals surface area contributed by atoms with E-state index in [9.17, 15) is 0 Å². The van der Waals surface area contributed by atoms with Gasteiger partial charge in [-0.05, 0) is 19.6 Å². The fourth-order valence-corrected chi connectivity index (χ4v) is 2.00. The molecule has 0 aliphatic heterocycles. The second-order valence-corrected chi connectivity index (χ2v) is 4.15. The maximum absolute atomic E-state index is 6.12. The smallest absolute Gasteiger partial charge is 0.0922 e. The fraction of sp³-hybridized carbons (Fsp3) is 0.417. The SMILES string of the molecule is C=Nc1c(C)c(N)c(C(C)C)c(NC)c1N. The first-order valence-electron chi connectivity index (χ1n) is 5.31. The second-order valence-electron chi connectivity index (χ2n) is 4.15. The molecule has 0 fully saturated rings. The third-order valence-electron chi connectivity index (χ3n) is 2.83. The highest BCUT2D eigenvalue weighted by Gasteiger charge is 2.19. The Morgan fingerprint density at radius 1 is 1.25 bits per heavy atom. The van der Waals surface area contributed by atoms with Gasteiger partial charge in [0.2, 0.25) is 0 Å². The Labute approximate surface area is 96.7 Å². The fourth-order valence-electron chi connectivity index (χ4n) is 2.00. The predicted molar refractivity (Wildman–Crippen MR) is 72.8 cm³/mol. The molecule has 0 aliphatic rings. The van der Waals surface area contributed by atoms with Crippen molar-refractivity contribution in [3.63, 3.8) is 0 Å². The van der Waals surface area contributed by atoms with E-state index in [1.165, 1.54) is 0 Å². The van der Waals surface area contributed by atoms with Gasteiger partial charge in [-0.25, -0.2) is 0 Å². The Hall–Kier alpha value is -1.71. The van der Waals surface area contributed by atoms with E-state index in [0.29, 0.717) is 17.3 Å². The summed E-state index contributed by atoms with van der Waals surface area (Å²) >= 11 is 0. The van der Waals surface area contributed by atoms with Crippen LogP contribution >= 0.6 is 0 Å². The van der Waals surface area contributed by atoms with Crippen molar-refractivity contribution in [1.82, 2.24) is 0 Å². The van der Waals surface area contributed by atoms with E-state index < -0.39 is 0 Å². The minimum Gasteiger partial charge on any atom is -0.398 e. The van der Waals surface area contributed by atoms with Crippen LogP contribution < -0.4 is 16.8 Å². The summed E-state index contributed by atoms with van der Waals surface area (Å²) in [6.45, 7) is 9.63. The molecule has 0 heterocycles. The third kappa shape index (κ3) is 1.71. The number of aliphatic imine (C=N–C) groups is 1. The highest BCUT2D eigenvalue weighted by molar-refractivity contribution is 5.90. The maximum atomic E-state index is 6.12. The normalized spacial score (nSPS) is 10.6. The Kier molecular flexibility index (Phi) is 3.42. The summed E-state index contributed by atoms with van der Waals surface area (Å²) < 4.78 is 0. The molecule has 0 radical (unpaired) electrons. The molecule has 1 aromatic rings. The summed E-state index contributed by atoms with van der Waals surface area (Å²) in [7, 11) is 1.83. The van der Waals surface area contributed by atoms with Gasteiger partial charge in [-0.15, -0.1) is 0 Å². The van der Waals surface area contributed by atoms with Crippen LogP contribution in [0.2, 0.25) is 0 Å². The lowest BCUT2D eigenvalue weighted by Gasteiger charge is -2.21. The van der Waals surface area contributed by atoms with Crippen LogP contribution in [0.4, 0.5) is 22.7 Å². The molecule has 5 N–H and O–H groups in total. The van der Waals surface area contributed by atoms with E-state index in [0.717, 1.165) is 22.5 Å². The van der Waals surface area contributed by atoms with Crippen molar-refractivity contribution in [2.75, 3.05) is 23.8 Å². The van der Waals surface area contributed by atoms with Crippen LogP contribution in [-0.4, -0.2) is 13.8 Å². The molecule has 0 aliphatic carbocycles. The Balaban J connectivity index is 3.70. The molecule has 0 unspecified atom stereocenters. The first kappa shape index (κ1) is 12.4. The third-order valence-corrected chi connectivity index (χ3v) is 2.83. The lowest BCUT2D eigenvalue weighted by molar-refractivity contribution is 0.870. The quantitative estimate of drug-likeness (QED) is 0.541.